The zero-order valence-electron chi connectivity index (χ0n) is 17.9. The molecule has 1 aliphatic rings. The summed E-state index contributed by atoms with van der Waals surface area (Å²) in [4.78, 5) is 36.8. The first-order valence-electron chi connectivity index (χ1n) is 10.6. The normalized spacial score (nSPS) is 16.3. The number of hydrogen-bond acceptors (Lipinski definition) is 6. The second-order valence-electron chi connectivity index (χ2n) is 7.65. The van der Waals surface area contributed by atoms with E-state index in [2.05, 4.69) is 15.3 Å². The Labute approximate surface area is 180 Å². The number of methoxy groups -OCH3 is 1. The molecule has 0 unspecified atom stereocenters. The second kappa shape index (κ2) is 9.16. The lowest BCUT2D eigenvalue weighted by Gasteiger charge is -2.32. The lowest BCUT2D eigenvalue weighted by atomic mass is 9.97. The molecule has 1 saturated heterocycles. The average molecular weight is 422 g/mol. The molecule has 4 rings (SSSR count). The molecular weight excluding hydrogens is 394 g/mol. The van der Waals surface area contributed by atoms with Crippen molar-refractivity contribution in [1.82, 2.24) is 19.9 Å². The highest BCUT2D eigenvalue weighted by Gasteiger charge is 2.28. The van der Waals surface area contributed by atoms with E-state index in [0.29, 0.717) is 43.2 Å². The third-order valence-electron chi connectivity index (χ3n) is 5.74. The molecule has 1 fully saturated rings. The van der Waals surface area contributed by atoms with Crippen molar-refractivity contribution in [3.8, 4) is 5.75 Å². The second-order valence-corrected chi connectivity index (χ2v) is 7.65. The zero-order valence-corrected chi connectivity index (χ0v) is 17.9. The third kappa shape index (κ3) is 4.23. The number of nitrogens with one attached hydrogen (secondary N) is 1. The molecule has 1 amide bonds. The van der Waals surface area contributed by atoms with E-state index in [1.54, 1.807) is 17.9 Å². The summed E-state index contributed by atoms with van der Waals surface area (Å²) in [5.41, 5.74) is 2.04. The number of ether oxygens (including phenoxy) is 1. The highest BCUT2D eigenvalue weighted by molar-refractivity contribution is 5.80. The SMILES string of the molecule is CCn1c(=O)c(N2CCC[C@@H](C(=O)NCc3ccccc3OC)C2)nc2cccnc21. The Morgan fingerprint density at radius 2 is 2.10 bits per heavy atom. The number of aryl methyl sites for hydroxylation is 1. The van der Waals surface area contributed by atoms with Gasteiger partial charge in [-0.05, 0) is 38.0 Å². The smallest absolute Gasteiger partial charge is 0.295 e. The molecule has 31 heavy (non-hydrogen) atoms. The number of aromatic nitrogens is 3. The number of hydrogen-bond donors (Lipinski definition) is 1. The summed E-state index contributed by atoms with van der Waals surface area (Å²) in [6.07, 6.45) is 3.27. The van der Waals surface area contributed by atoms with Gasteiger partial charge in [-0.3, -0.25) is 14.2 Å². The number of carbonyl (C=O) groups excluding carboxylic acids is 1. The van der Waals surface area contributed by atoms with E-state index in [4.69, 9.17) is 4.74 Å². The predicted molar refractivity (Wildman–Crippen MR) is 119 cm³/mol. The molecule has 8 heteroatoms. The molecule has 1 atom stereocenters. The molecule has 3 aromatic rings. The number of para-hydroxylation sites is 1. The van der Waals surface area contributed by atoms with Gasteiger partial charge in [-0.15, -0.1) is 0 Å². The van der Waals surface area contributed by atoms with Crippen molar-refractivity contribution in [2.24, 2.45) is 5.92 Å². The van der Waals surface area contributed by atoms with Crippen molar-refractivity contribution in [3.05, 3.63) is 58.5 Å². The standard InChI is InChI=1S/C23H27N5O3/c1-3-28-20-18(10-6-12-24-20)26-21(23(28)30)27-13-7-9-17(15-27)22(29)25-14-16-8-4-5-11-19(16)31-2/h4-6,8,10-12,17H,3,7,9,13-15H2,1-2H3,(H,25,29)/t17-/m1/s1. The third-order valence-corrected chi connectivity index (χ3v) is 5.74. The van der Waals surface area contributed by atoms with Gasteiger partial charge in [0.05, 0.1) is 13.0 Å². The van der Waals surface area contributed by atoms with Crippen LogP contribution in [-0.4, -0.2) is 40.6 Å². The van der Waals surface area contributed by atoms with Gasteiger partial charge in [0.2, 0.25) is 5.91 Å². The first-order valence-corrected chi connectivity index (χ1v) is 10.6. The predicted octanol–water partition coefficient (Wildman–Crippen LogP) is 2.35. The maximum absolute atomic E-state index is 13.1. The summed E-state index contributed by atoms with van der Waals surface area (Å²) in [5.74, 6) is 0.921. The van der Waals surface area contributed by atoms with Crippen LogP contribution in [0.25, 0.3) is 11.2 Å². The summed E-state index contributed by atoms with van der Waals surface area (Å²) in [5, 5.41) is 3.02. The number of piperidine rings is 1. The number of fused-ring (bicyclic) bond motifs is 1. The minimum atomic E-state index is -0.204. The quantitative estimate of drug-likeness (QED) is 0.657. The van der Waals surface area contributed by atoms with Gasteiger partial charge in [-0.25, -0.2) is 9.97 Å². The molecule has 0 aliphatic carbocycles. The Morgan fingerprint density at radius 1 is 1.26 bits per heavy atom. The largest absolute Gasteiger partial charge is 0.496 e. The minimum absolute atomic E-state index is 0.0196. The maximum Gasteiger partial charge on any atom is 0.295 e. The number of amides is 1. The van der Waals surface area contributed by atoms with Gasteiger partial charge in [0.15, 0.2) is 11.5 Å². The summed E-state index contributed by atoms with van der Waals surface area (Å²) < 4.78 is 7.00. The van der Waals surface area contributed by atoms with E-state index in [-0.39, 0.29) is 17.4 Å². The average Bonchev–Trinajstić information content (AvgIpc) is 2.82. The van der Waals surface area contributed by atoms with Crippen LogP contribution in [0.4, 0.5) is 5.82 Å². The Hall–Kier alpha value is -3.42. The van der Waals surface area contributed by atoms with Crippen LogP contribution < -0.4 is 20.5 Å². The van der Waals surface area contributed by atoms with Crippen molar-refractivity contribution in [2.75, 3.05) is 25.1 Å². The van der Waals surface area contributed by atoms with Crippen LogP contribution in [0.15, 0.2) is 47.4 Å². The molecule has 1 aliphatic heterocycles. The van der Waals surface area contributed by atoms with Crippen LogP contribution in [0.3, 0.4) is 0 Å². The van der Waals surface area contributed by atoms with Crippen molar-refractivity contribution in [2.45, 2.75) is 32.9 Å². The van der Waals surface area contributed by atoms with Crippen molar-refractivity contribution >= 4 is 22.9 Å². The molecule has 0 radical (unpaired) electrons. The van der Waals surface area contributed by atoms with Crippen molar-refractivity contribution in [1.29, 1.82) is 0 Å². The highest BCUT2D eigenvalue weighted by Crippen LogP contribution is 2.22. The van der Waals surface area contributed by atoms with Gasteiger partial charge in [0.25, 0.3) is 5.56 Å². The number of benzene rings is 1. The van der Waals surface area contributed by atoms with Gasteiger partial charge in [-0.1, -0.05) is 18.2 Å². The highest BCUT2D eigenvalue weighted by atomic mass is 16.5. The summed E-state index contributed by atoms with van der Waals surface area (Å²) in [7, 11) is 1.62. The Balaban J connectivity index is 1.52. The molecule has 3 heterocycles. The van der Waals surface area contributed by atoms with Crippen LogP contribution in [0.5, 0.6) is 5.75 Å². The van der Waals surface area contributed by atoms with Crippen LogP contribution in [-0.2, 0) is 17.9 Å². The van der Waals surface area contributed by atoms with Crippen molar-refractivity contribution in [3.63, 3.8) is 0 Å². The topological polar surface area (TPSA) is 89.4 Å². The number of pyridine rings is 1. The van der Waals surface area contributed by atoms with E-state index in [0.717, 1.165) is 24.2 Å². The van der Waals surface area contributed by atoms with Gasteiger partial charge in [0.1, 0.15) is 11.3 Å². The summed E-state index contributed by atoms with van der Waals surface area (Å²) in [6, 6.07) is 11.3. The molecule has 1 aromatic carbocycles. The van der Waals surface area contributed by atoms with Crippen LogP contribution >= 0.6 is 0 Å². The van der Waals surface area contributed by atoms with E-state index in [1.807, 2.05) is 48.2 Å². The zero-order chi connectivity index (χ0) is 21.8. The Kier molecular flexibility index (Phi) is 6.16. The molecule has 0 bridgehead atoms. The number of nitrogens with zero attached hydrogens (tertiary/aromatic N) is 4. The van der Waals surface area contributed by atoms with Gasteiger partial charge in [0, 0.05) is 37.9 Å². The van der Waals surface area contributed by atoms with Gasteiger partial charge < -0.3 is 15.0 Å². The van der Waals surface area contributed by atoms with Gasteiger partial charge in [-0.2, -0.15) is 0 Å². The minimum Gasteiger partial charge on any atom is -0.496 e. The van der Waals surface area contributed by atoms with E-state index < -0.39 is 0 Å². The lowest BCUT2D eigenvalue weighted by molar-refractivity contribution is -0.125. The fourth-order valence-electron chi connectivity index (χ4n) is 4.12. The summed E-state index contributed by atoms with van der Waals surface area (Å²) >= 11 is 0. The van der Waals surface area contributed by atoms with Crippen LogP contribution in [0, 0.1) is 5.92 Å². The van der Waals surface area contributed by atoms with Crippen LogP contribution in [0.1, 0.15) is 25.3 Å². The number of rotatable bonds is 6. The molecule has 1 N–H and O–H groups in total. The van der Waals surface area contributed by atoms with Crippen LogP contribution in [0.2, 0.25) is 0 Å². The Bertz CT molecular complexity index is 1140. The van der Waals surface area contributed by atoms with E-state index >= 15 is 0 Å². The van der Waals surface area contributed by atoms with E-state index in [1.165, 1.54) is 0 Å². The Morgan fingerprint density at radius 3 is 2.90 bits per heavy atom. The fourth-order valence-corrected chi connectivity index (χ4v) is 4.12. The fraction of sp³-hybridized carbons (Fsp3) is 0.391. The molecule has 0 saturated carbocycles. The first kappa shape index (κ1) is 20.8. The molecular formula is C23H27N5O3. The maximum atomic E-state index is 13.1. The monoisotopic (exact) mass is 421 g/mol. The summed E-state index contributed by atoms with van der Waals surface area (Å²) in [6.45, 7) is 4.01. The van der Waals surface area contributed by atoms with E-state index in [9.17, 15) is 9.59 Å². The first-order chi connectivity index (χ1) is 15.1. The number of carbonyl (C=O) groups is 1. The molecule has 0 spiro atoms. The molecule has 162 valence electrons. The lowest BCUT2D eigenvalue weighted by Crippen LogP contribution is -2.45. The molecule has 2 aromatic heterocycles. The van der Waals surface area contributed by atoms with Gasteiger partial charge >= 0.3 is 0 Å². The number of anilines is 1. The van der Waals surface area contributed by atoms with Crippen molar-refractivity contribution < 1.29 is 9.53 Å². The molecule has 8 nitrogen and oxygen atoms in total.